The van der Waals surface area contributed by atoms with Gasteiger partial charge in [-0.1, -0.05) is 0 Å². The summed E-state index contributed by atoms with van der Waals surface area (Å²) < 4.78 is 5.57. The van der Waals surface area contributed by atoms with Gasteiger partial charge in [-0.3, -0.25) is 0 Å². The van der Waals surface area contributed by atoms with Crippen LogP contribution in [0.3, 0.4) is 0 Å². The van der Waals surface area contributed by atoms with Crippen LogP contribution in [0.15, 0.2) is 12.4 Å². The van der Waals surface area contributed by atoms with Gasteiger partial charge in [-0.15, -0.1) is 0 Å². The Morgan fingerprint density at radius 1 is 1.19 bits per heavy atom. The van der Waals surface area contributed by atoms with E-state index in [0.717, 1.165) is 25.8 Å². The van der Waals surface area contributed by atoms with Gasteiger partial charge < -0.3 is 19.6 Å². The molecule has 1 amide bonds. The van der Waals surface area contributed by atoms with Crippen molar-refractivity contribution < 1.29 is 19.4 Å². The number of carbonyl (C=O) groups excluding carboxylic acids is 1. The van der Waals surface area contributed by atoms with Crippen LogP contribution in [0.5, 0.6) is 0 Å². The van der Waals surface area contributed by atoms with Crippen molar-refractivity contribution in [2.45, 2.75) is 57.7 Å². The third kappa shape index (κ3) is 4.89. The van der Waals surface area contributed by atoms with Crippen LogP contribution in [0.25, 0.3) is 0 Å². The summed E-state index contributed by atoms with van der Waals surface area (Å²) in [5.41, 5.74) is -0.589. The Morgan fingerprint density at radius 2 is 1.88 bits per heavy atom. The maximum atomic E-state index is 12.6. The van der Waals surface area contributed by atoms with Gasteiger partial charge in [0.15, 0.2) is 5.69 Å². The SMILES string of the molecule is CC(C)(C)OC(=O)N(C1CC1)C1CCN(c2cnc(C(=O)O)cn2)C1.[Li]. The molecule has 1 aromatic heterocycles. The molecule has 1 N–H and O–H groups in total. The van der Waals surface area contributed by atoms with E-state index >= 15 is 0 Å². The summed E-state index contributed by atoms with van der Waals surface area (Å²) in [5.74, 6) is -0.462. The molecule has 9 heteroatoms. The number of aromatic nitrogens is 2. The van der Waals surface area contributed by atoms with Crippen molar-refractivity contribution in [3.8, 4) is 0 Å². The maximum Gasteiger partial charge on any atom is 0.410 e. The van der Waals surface area contributed by atoms with E-state index in [9.17, 15) is 9.59 Å². The first-order valence-electron chi connectivity index (χ1n) is 8.56. The molecule has 0 spiro atoms. The molecule has 2 heterocycles. The molecule has 1 unspecified atom stereocenters. The normalized spacial score (nSPS) is 19.7. The number of hydrogen-bond donors (Lipinski definition) is 1. The van der Waals surface area contributed by atoms with Crippen LogP contribution in [-0.4, -0.2) is 81.7 Å². The molecule has 2 fully saturated rings. The average molecular weight is 355 g/mol. The molecule has 0 aromatic carbocycles. The number of ether oxygens (including phenoxy) is 1. The molecular weight excluding hydrogens is 331 g/mol. The van der Waals surface area contributed by atoms with Crippen LogP contribution in [-0.2, 0) is 4.74 Å². The molecule has 0 bridgehead atoms. The molecular formula is C17H24LiN4O4. The summed E-state index contributed by atoms with van der Waals surface area (Å²) in [5, 5.41) is 8.90. The van der Waals surface area contributed by atoms with Crippen molar-refractivity contribution in [1.82, 2.24) is 14.9 Å². The molecule has 3 rings (SSSR count). The topological polar surface area (TPSA) is 95.9 Å². The molecule has 137 valence electrons. The van der Waals surface area contributed by atoms with Crippen molar-refractivity contribution in [1.29, 1.82) is 0 Å². The molecule has 2 aliphatic rings. The van der Waals surface area contributed by atoms with Crippen LogP contribution < -0.4 is 4.90 Å². The Labute approximate surface area is 165 Å². The minimum atomic E-state index is -1.09. The third-order valence-electron chi connectivity index (χ3n) is 4.28. The number of carboxylic acid groups (broad SMARTS) is 1. The fourth-order valence-corrected chi connectivity index (χ4v) is 3.04. The van der Waals surface area contributed by atoms with E-state index < -0.39 is 11.6 Å². The monoisotopic (exact) mass is 355 g/mol. The summed E-state index contributed by atoms with van der Waals surface area (Å²) in [7, 11) is 0. The second kappa shape index (κ2) is 7.85. The number of nitrogens with zero attached hydrogens (tertiary/aromatic N) is 4. The Balaban J connectivity index is 0.00000243. The van der Waals surface area contributed by atoms with E-state index in [1.165, 1.54) is 12.4 Å². The minimum absolute atomic E-state index is 0. The molecule has 8 nitrogen and oxygen atoms in total. The van der Waals surface area contributed by atoms with Gasteiger partial charge in [-0.25, -0.2) is 19.6 Å². The van der Waals surface area contributed by atoms with Gasteiger partial charge in [0.1, 0.15) is 11.4 Å². The minimum Gasteiger partial charge on any atom is -0.476 e. The Morgan fingerprint density at radius 3 is 2.38 bits per heavy atom. The number of anilines is 1. The number of hydrogen-bond acceptors (Lipinski definition) is 6. The number of rotatable bonds is 4. The van der Waals surface area contributed by atoms with Gasteiger partial charge in [0.05, 0.1) is 18.4 Å². The average Bonchev–Trinajstić information content (AvgIpc) is 3.22. The smallest absolute Gasteiger partial charge is 0.410 e. The van der Waals surface area contributed by atoms with Crippen LogP contribution in [0.4, 0.5) is 10.6 Å². The third-order valence-corrected chi connectivity index (χ3v) is 4.28. The zero-order valence-electron chi connectivity index (χ0n) is 15.8. The molecule has 1 aromatic rings. The van der Waals surface area contributed by atoms with Crippen molar-refractivity contribution in [3.05, 3.63) is 18.1 Å². The van der Waals surface area contributed by atoms with E-state index in [2.05, 4.69) is 9.97 Å². The summed E-state index contributed by atoms with van der Waals surface area (Å²) in [4.78, 5) is 35.5. The van der Waals surface area contributed by atoms with Gasteiger partial charge >= 0.3 is 12.1 Å². The Kier molecular flexibility index (Phi) is 6.20. The number of aromatic carboxylic acids is 1. The van der Waals surface area contributed by atoms with Crippen molar-refractivity contribution >= 4 is 36.7 Å². The van der Waals surface area contributed by atoms with E-state index in [4.69, 9.17) is 9.84 Å². The number of amides is 1. The van der Waals surface area contributed by atoms with Gasteiger partial charge in [0.2, 0.25) is 0 Å². The van der Waals surface area contributed by atoms with E-state index in [1.807, 2.05) is 30.6 Å². The maximum absolute atomic E-state index is 12.6. The number of carbonyl (C=O) groups is 2. The van der Waals surface area contributed by atoms with Gasteiger partial charge in [-0.05, 0) is 40.0 Å². The van der Waals surface area contributed by atoms with Crippen LogP contribution >= 0.6 is 0 Å². The zero-order valence-corrected chi connectivity index (χ0v) is 15.8. The van der Waals surface area contributed by atoms with Crippen molar-refractivity contribution in [2.24, 2.45) is 0 Å². The Hall–Kier alpha value is -1.78. The largest absolute Gasteiger partial charge is 0.476 e. The zero-order chi connectivity index (χ0) is 18.2. The first-order valence-corrected chi connectivity index (χ1v) is 8.56. The van der Waals surface area contributed by atoms with Crippen molar-refractivity contribution in [3.63, 3.8) is 0 Å². The predicted molar refractivity (Wildman–Crippen MR) is 96.5 cm³/mol. The van der Waals surface area contributed by atoms with E-state index in [-0.39, 0.29) is 42.7 Å². The second-order valence-corrected chi connectivity index (χ2v) is 7.57. The first kappa shape index (κ1) is 20.5. The molecule has 26 heavy (non-hydrogen) atoms. The first-order chi connectivity index (χ1) is 11.7. The molecule has 1 saturated carbocycles. The fourth-order valence-electron chi connectivity index (χ4n) is 3.04. The summed E-state index contributed by atoms with van der Waals surface area (Å²) in [6.07, 6.45) is 5.34. The van der Waals surface area contributed by atoms with E-state index in [0.29, 0.717) is 12.4 Å². The quantitative estimate of drug-likeness (QED) is 0.822. The van der Waals surface area contributed by atoms with E-state index in [1.54, 1.807) is 0 Å². The predicted octanol–water partition coefficient (Wildman–Crippen LogP) is 1.77. The van der Waals surface area contributed by atoms with Crippen LogP contribution in [0.2, 0.25) is 0 Å². The van der Waals surface area contributed by atoms with Gasteiger partial charge in [-0.2, -0.15) is 0 Å². The molecule has 1 saturated heterocycles. The van der Waals surface area contributed by atoms with Crippen LogP contribution in [0, 0.1) is 0 Å². The molecule has 1 radical (unpaired) electrons. The molecule has 1 atom stereocenters. The number of carboxylic acids is 1. The summed E-state index contributed by atoms with van der Waals surface area (Å²) in [6, 6.07) is 0.337. The fraction of sp³-hybridized carbons (Fsp3) is 0.647. The van der Waals surface area contributed by atoms with Crippen LogP contribution in [0.1, 0.15) is 50.5 Å². The summed E-state index contributed by atoms with van der Waals surface area (Å²) >= 11 is 0. The van der Waals surface area contributed by atoms with Gasteiger partial charge in [0, 0.05) is 38.0 Å². The molecule has 1 aliphatic heterocycles. The standard InChI is InChI=1S/C17H24N4O4.Li/c1-17(2,3)25-16(24)21(11-4-5-11)12-6-7-20(10-12)14-9-18-13(8-19-14)15(22)23;/h8-9,11-12H,4-7,10H2,1-3H3,(H,22,23);. The summed E-state index contributed by atoms with van der Waals surface area (Å²) in [6.45, 7) is 7.01. The Bertz CT molecular complexity index is 658. The molecule has 1 aliphatic carbocycles. The second-order valence-electron chi connectivity index (χ2n) is 7.57. The van der Waals surface area contributed by atoms with Gasteiger partial charge in [0.25, 0.3) is 0 Å². The van der Waals surface area contributed by atoms with Crippen molar-refractivity contribution in [2.75, 3.05) is 18.0 Å².